The van der Waals surface area contributed by atoms with E-state index < -0.39 is 11.6 Å². The Morgan fingerprint density at radius 2 is 1.79 bits per heavy atom. The summed E-state index contributed by atoms with van der Waals surface area (Å²) in [6.07, 6.45) is 0.0567. The molecule has 0 atom stereocenters. The molecular weight excluding hydrogens is 188 g/mol. The van der Waals surface area contributed by atoms with E-state index in [9.17, 15) is 8.78 Å². The summed E-state index contributed by atoms with van der Waals surface area (Å²) in [5.74, 6) is -0.944. The van der Waals surface area contributed by atoms with Crippen LogP contribution in [0.4, 0.5) is 8.78 Å². The van der Waals surface area contributed by atoms with Crippen LogP contribution in [0.2, 0.25) is 0 Å². The molecular formula is C10H11F2NO. The van der Waals surface area contributed by atoms with Crippen molar-refractivity contribution >= 4 is 0 Å². The van der Waals surface area contributed by atoms with Gasteiger partial charge in [0.15, 0.2) is 0 Å². The predicted octanol–water partition coefficient (Wildman–Crippen LogP) is 1.66. The van der Waals surface area contributed by atoms with E-state index in [1.54, 1.807) is 0 Å². The van der Waals surface area contributed by atoms with Crippen LogP contribution in [0.1, 0.15) is 0 Å². The van der Waals surface area contributed by atoms with Crippen molar-refractivity contribution in [2.45, 2.75) is 6.10 Å². The summed E-state index contributed by atoms with van der Waals surface area (Å²) in [5.41, 5.74) is 0. The van der Waals surface area contributed by atoms with Gasteiger partial charge in [-0.3, -0.25) is 4.90 Å². The maximum Gasteiger partial charge on any atom is 0.129 e. The van der Waals surface area contributed by atoms with Crippen molar-refractivity contribution in [3.63, 3.8) is 0 Å². The van der Waals surface area contributed by atoms with Gasteiger partial charge in [-0.15, -0.1) is 0 Å². The lowest BCUT2D eigenvalue weighted by atomic mass is 10.2. The zero-order valence-electron chi connectivity index (χ0n) is 7.84. The summed E-state index contributed by atoms with van der Waals surface area (Å²) in [6.45, 7) is 1.61. The average Bonchev–Trinajstić information content (AvgIpc) is 1.99. The number of benzene rings is 1. The highest BCUT2D eigenvalue weighted by Gasteiger charge is 2.24. The number of rotatable bonds is 2. The largest absolute Gasteiger partial charge is 0.488 e. The maximum atomic E-state index is 12.7. The van der Waals surface area contributed by atoms with Crippen molar-refractivity contribution in [2.24, 2.45) is 0 Å². The van der Waals surface area contributed by atoms with Crippen molar-refractivity contribution in [1.82, 2.24) is 4.90 Å². The summed E-state index contributed by atoms with van der Waals surface area (Å²) in [6, 6.07) is 3.22. The molecule has 1 aliphatic heterocycles. The molecule has 1 aliphatic rings. The van der Waals surface area contributed by atoms with E-state index in [0.717, 1.165) is 19.2 Å². The Labute approximate surface area is 81.1 Å². The molecule has 0 bridgehead atoms. The van der Waals surface area contributed by atoms with Crippen molar-refractivity contribution in [2.75, 3.05) is 20.1 Å². The van der Waals surface area contributed by atoms with Gasteiger partial charge in [-0.1, -0.05) is 0 Å². The van der Waals surface area contributed by atoms with Crippen molar-refractivity contribution in [3.05, 3.63) is 29.8 Å². The predicted molar refractivity (Wildman–Crippen MR) is 48.3 cm³/mol. The van der Waals surface area contributed by atoms with Crippen LogP contribution in [0.5, 0.6) is 5.75 Å². The molecule has 0 aliphatic carbocycles. The standard InChI is InChI=1S/C10H11F2NO/c1-13-5-10(6-13)14-9-3-7(11)2-8(12)4-9/h2-4,10H,5-6H2,1H3. The lowest BCUT2D eigenvalue weighted by Crippen LogP contribution is -2.51. The minimum atomic E-state index is -0.604. The van der Waals surface area contributed by atoms with Crippen LogP contribution in [-0.4, -0.2) is 31.1 Å². The second-order valence-electron chi connectivity index (χ2n) is 3.57. The monoisotopic (exact) mass is 199 g/mol. The molecule has 0 amide bonds. The molecule has 1 saturated heterocycles. The smallest absolute Gasteiger partial charge is 0.129 e. The van der Waals surface area contributed by atoms with Gasteiger partial charge >= 0.3 is 0 Å². The van der Waals surface area contributed by atoms with E-state index in [-0.39, 0.29) is 11.9 Å². The Hall–Kier alpha value is -1.16. The summed E-state index contributed by atoms with van der Waals surface area (Å²) < 4.78 is 30.9. The molecule has 0 spiro atoms. The van der Waals surface area contributed by atoms with Gasteiger partial charge in [0.05, 0.1) is 0 Å². The SMILES string of the molecule is CN1CC(Oc2cc(F)cc(F)c2)C1. The Morgan fingerprint density at radius 1 is 1.21 bits per heavy atom. The summed E-state index contributed by atoms with van der Waals surface area (Å²) >= 11 is 0. The van der Waals surface area contributed by atoms with Crippen LogP contribution in [-0.2, 0) is 0 Å². The fourth-order valence-corrected chi connectivity index (χ4v) is 1.51. The van der Waals surface area contributed by atoms with Crippen molar-refractivity contribution in [3.8, 4) is 5.75 Å². The normalized spacial score (nSPS) is 17.9. The van der Waals surface area contributed by atoms with Gasteiger partial charge in [0.25, 0.3) is 0 Å². The summed E-state index contributed by atoms with van der Waals surface area (Å²) in [5, 5.41) is 0. The Balaban J connectivity index is 2.02. The number of ether oxygens (including phenoxy) is 1. The molecule has 0 unspecified atom stereocenters. The zero-order chi connectivity index (χ0) is 10.1. The number of likely N-dealkylation sites (tertiary alicyclic amines) is 1. The molecule has 1 aromatic rings. The third-order valence-corrected chi connectivity index (χ3v) is 2.17. The van der Waals surface area contributed by atoms with Crippen molar-refractivity contribution < 1.29 is 13.5 Å². The highest BCUT2D eigenvalue weighted by molar-refractivity contribution is 5.24. The van der Waals surface area contributed by atoms with E-state index in [1.165, 1.54) is 12.1 Å². The van der Waals surface area contributed by atoms with Gasteiger partial charge in [0.1, 0.15) is 23.5 Å². The number of likely N-dealkylation sites (N-methyl/N-ethyl adjacent to an activating group) is 1. The van der Waals surface area contributed by atoms with E-state index >= 15 is 0 Å². The second kappa shape index (κ2) is 3.53. The molecule has 0 N–H and O–H groups in total. The van der Waals surface area contributed by atoms with E-state index in [1.807, 2.05) is 7.05 Å². The fraction of sp³-hybridized carbons (Fsp3) is 0.400. The molecule has 1 fully saturated rings. The van der Waals surface area contributed by atoms with Crippen LogP contribution >= 0.6 is 0 Å². The molecule has 14 heavy (non-hydrogen) atoms. The second-order valence-corrected chi connectivity index (χ2v) is 3.57. The van der Waals surface area contributed by atoms with Gasteiger partial charge in [-0.2, -0.15) is 0 Å². The van der Waals surface area contributed by atoms with Crippen LogP contribution in [0.15, 0.2) is 18.2 Å². The molecule has 1 heterocycles. The third-order valence-electron chi connectivity index (χ3n) is 2.17. The Kier molecular flexibility index (Phi) is 2.37. The highest BCUT2D eigenvalue weighted by Crippen LogP contribution is 2.19. The van der Waals surface area contributed by atoms with Gasteiger partial charge in [0.2, 0.25) is 0 Å². The van der Waals surface area contributed by atoms with Crippen LogP contribution in [0.3, 0.4) is 0 Å². The van der Waals surface area contributed by atoms with E-state index in [4.69, 9.17) is 4.74 Å². The van der Waals surface area contributed by atoms with E-state index in [0.29, 0.717) is 0 Å². The molecule has 1 aromatic carbocycles. The molecule has 0 radical (unpaired) electrons. The number of halogens is 2. The Bertz CT molecular complexity index is 317. The van der Waals surface area contributed by atoms with Crippen molar-refractivity contribution in [1.29, 1.82) is 0 Å². The van der Waals surface area contributed by atoms with Crippen LogP contribution in [0, 0.1) is 11.6 Å². The summed E-state index contributed by atoms with van der Waals surface area (Å²) in [4.78, 5) is 2.07. The highest BCUT2D eigenvalue weighted by atomic mass is 19.1. The minimum Gasteiger partial charge on any atom is -0.488 e. The number of hydrogen-bond acceptors (Lipinski definition) is 2. The van der Waals surface area contributed by atoms with Crippen LogP contribution < -0.4 is 4.74 Å². The number of nitrogens with zero attached hydrogens (tertiary/aromatic N) is 1. The van der Waals surface area contributed by atoms with Gasteiger partial charge < -0.3 is 4.74 Å². The first kappa shape index (κ1) is 9.40. The lowest BCUT2D eigenvalue weighted by Gasteiger charge is -2.35. The average molecular weight is 199 g/mol. The first-order chi connectivity index (χ1) is 6.63. The number of hydrogen-bond donors (Lipinski definition) is 0. The maximum absolute atomic E-state index is 12.7. The first-order valence-electron chi connectivity index (χ1n) is 4.45. The Morgan fingerprint density at radius 3 is 2.29 bits per heavy atom. The van der Waals surface area contributed by atoms with Gasteiger partial charge in [-0.25, -0.2) is 8.78 Å². The minimum absolute atomic E-state index is 0.0567. The molecule has 0 saturated carbocycles. The summed E-state index contributed by atoms with van der Waals surface area (Å²) in [7, 11) is 1.96. The topological polar surface area (TPSA) is 12.5 Å². The zero-order valence-corrected chi connectivity index (χ0v) is 7.84. The molecule has 4 heteroatoms. The molecule has 2 rings (SSSR count). The first-order valence-corrected chi connectivity index (χ1v) is 4.45. The van der Waals surface area contributed by atoms with Gasteiger partial charge in [-0.05, 0) is 7.05 Å². The van der Waals surface area contributed by atoms with E-state index in [2.05, 4.69) is 4.90 Å². The molecule has 0 aromatic heterocycles. The van der Waals surface area contributed by atoms with Crippen LogP contribution in [0.25, 0.3) is 0 Å². The molecule has 2 nitrogen and oxygen atoms in total. The third kappa shape index (κ3) is 2.01. The van der Waals surface area contributed by atoms with Gasteiger partial charge in [0, 0.05) is 31.3 Å². The quantitative estimate of drug-likeness (QED) is 0.718. The fourth-order valence-electron chi connectivity index (χ4n) is 1.51. The lowest BCUT2D eigenvalue weighted by molar-refractivity contribution is 0.0384. The molecule has 76 valence electrons.